The predicted molar refractivity (Wildman–Crippen MR) is 63.8 cm³/mol. The lowest BCUT2D eigenvalue weighted by molar-refractivity contribution is -0.140. The maximum absolute atomic E-state index is 10.8. The van der Waals surface area contributed by atoms with Crippen molar-refractivity contribution in [1.82, 2.24) is 0 Å². The second-order valence-electron chi connectivity index (χ2n) is 3.88. The monoisotopic (exact) mass is 212 g/mol. The molecule has 0 aromatic rings. The summed E-state index contributed by atoms with van der Waals surface area (Å²) in [5.74, 6) is -0.0824. The zero-order chi connectivity index (χ0) is 11.4. The van der Waals surface area contributed by atoms with Gasteiger partial charge in [0.05, 0.1) is 7.11 Å². The highest BCUT2D eigenvalue weighted by Gasteiger charge is 1.98. The molecule has 15 heavy (non-hydrogen) atoms. The lowest BCUT2D eigenvalue weighted by Gasteiger charge is -2.01. The van der Waals surface area contributed by atoms with Crippen LogP contribution in [0.25, 0.3) is 0 Å². The summed E-state index contributed by atoms with van der Waals surface area (Å²) in [5.41, 5.74) is 0. The molecule has 0 aliphatic rings. The van der Waals surface area contributed by atoms with Crippen molar-refractivity contribution in [3.63, 3.8) is 0 Å². The van der Waals surface area contributed by atoms with E-state index < -0.39 is 0 Å². The average Bonchev–Trinajstić information content (AvgIpc) is 2.26. The molecule has 0 amide bonds. The Hall–Kier alpha value is -0.790. The molecule has 0 radical (unpaired) electrons. The van der Waals surface area contributed by atoms with Gasteiger partial charge in [-0.1, -0.05) is 38.2 Å². The third-order valence-electron chi connectivity index (χ3n) is 2.52. The quantitative estimate of drug-likeness (QED) is 0.312. The van der Waals surface area contributed by atoms with Crippen LogP contribution in [-0.4, -0.2) is 13.1 Å². The van der Waals surface area contributed by atoms with E-state index in [1.807, 2.05) is 6.08 Å². The van der Waals surface area contributed by atoms with Gasteiger partial charge in [0.15, 0.2) is 0 Å². The first-order chi connectivity index (χ1) is 7.31. The van der Waals surface area contributed by atoms with Gasteiger partial charge in [-0.05, 0) is 19.3 Å². The number of esters is 1. The highest BCUT2D eigenvalue weighted by atomic mass is 16.5. The van der Waals surface area contributed by atoms with Crippen molar-refractivity contribution >= 4 is 5.97 Å². The van der Waals surface area contributed by atoms with E-state index in [1.165, 1.54) is 39.2 Å². The molecule has 88 valence electrons. The second kappa shape index (κ2) is 11.3. The molecular formula is C13H24O2. The Morgan fingerprint density at radius 2 is 1.60 bits per heavy atom. The average molecular weight is 212 g/mol. The molecule has 2 nitrogen and oxygen atoms in total. The zero-order valence-corrected chi connectivity index (χ0v) is 9.96. The minimum Gasteiger partial charge on any atom is -0.469 e. The van der Waals surface area contributed by atoms with E-state index in [4.69, 9.17) is 0 Å². The molecule has 0 aromatic heterocycles. The molecule has 0 spiro atoms. The van der Waals surface area contributed by atoms with Crippen molar-refractivity contribution in [2.75, 3.05) is 7.11 Å². The fourth-order valence-corrected chi connectivity index (χ4v) is 1.54. The van der Waals surface area contributed by atoms with Gasteiger partial charge in [-0.2, -0.15) is 0 Å². The van der Waals surface area contributed by atoms with Gasteiger partial charge >= 0.3 is 5.97 Å². The fourth-order valence-electron chi connectivity index (χ4n) is 1.54. The number of allylic oxidation sites excluding steroid dienone is 1. The maximum atomic E-state index is 10.8. The molecule has 0 aromatic carbocycles. The molecule has 0 bridgehead atoms. The summed E-state index contributed by atoms with van der Waals surface area (Å²) < 4.78 is 4.57. The van der Waals surface area contributed by atoms with Crippen molar-refractivity contribution in [1.29, 1.82) is 0 Å². The Kier molecular flexibility index (Phi) is 10.7. The highest BCUT2D eigenvalue weighted by molar-refractivity contribution is 5.68. The molecule has 0 saturated carbocycles. The number of hydrogen-bond donors (Lipinski definition) is 0. The van der Waals surface area contributed by atoms with Crippen molar-refractivity contribution in [2.24, 2.45) is 0 Å². The first kappa shape index (κ1) is 14.2. The summed E-state index contributed by atoms with van der Waals surface area (Å²) in [7, 11) is 1.45. The predicted octanol–water partition coefficient (Wildman–Crippen LogP) is 3.86. The summed E-state index contributed by atoms with van der Waals surface area (Å²) in [6.45, 7) is 3.70. The van der Waals surface area contributed by atoms with E-state index in [1.54, 1.807) is 0 Å². The third kappa shape index (κ3) is 11.1. The van der Waals surface area contributed by atoms with Gasteiger partial charge in [0.2, 0.25) is 0 Å². The minimum atomic E-state index is -0.0824. The normalized spacial score (nSPS) is 9.93. The van der Waals surface area contributed by atoms with Crippen molar-refractivity contribution in [3.05, 3.63) is 12.7 Å². The van der Waals surface area contributed by atoms with Gasteiger partial charge in [-0.15, -0.1) is 6.58 Å². The number of carbonyl (C=O) groups is 1. The summed E-state index contributed by atoms with van der Waals surface area (Å²) in [6.07, 6.45) is 12.2. The van der Waals surface area contributed by atoms with E-state index in [2.05, 4.69) is 11.3 Å². The molecule has 0 rings (SSSR count). The molecule has 0 atom stereocenters. The van der Waals surface area contributed by atoms with Gasteiger partial charge in [-0.25, -0.2) is 0 Å². The number of unbranched alkanes of at least 4 members (excludes halogenated alkanes) is 7. The number of rotatable bonds is 10. The Morgan fingerprint density at radius 3 is 2.13 bits per heavy atom. The molecule has 0 fully saturated rings. The smallest absolute Gasteiger partial charge is 0.305 e. The minimum absolute atomic E-state index is 0.0824. The van der Waals surface area contributed by atoms with Crippen LogP contribution in [0.1, 0.15) is 57.8 Å². The van der Waals surface area contributed by atoms with Crippen LogP contribution in [0.5, 0.6) is 0 Å². The SMILES string of the molecule is C=CCCCCCCCCCC(=O)OC. The molecular weight excluding hydrogens is 188 g/mol. The zero-order valence-electron chi connectivity index (χ0n) is 9.96. The molecule has 2 heteroatoms. The van der Waals surface area contributed by atoms with Crippen LogP contribution in [0, 0.1) is 0 Å². The Labute approximate surface area is 93.7 Å². The van der Waals surface area contributed by atoms with E-state index in [0.717, 1.165) is 19.3 Å². The first-order valence-electron chi connectivity index (χ1n) is 5.99. The van der Waals surface area contributed by atoms with Crippen LogP contribution in [-0.2, 0) is 9.53 Å². The van der Waals surface area contributed by atoms with Gasteiger partial charge in [0.1, 0.15) is 0 Å². The standard InChI is InChI=1S/C13H24O2/c1-3-4-5-6-7-8-9-10-11-12-13(14)15-2/h3H,1,4-12H2,2H3. The first-order valence-corrected chi connectivity index (χ1v) is 5.99. The lowest BCUT2D eigenvalue weighted by Crippen LogP contribution is -1.99. The Bertz CT molecular complexity index is 164. The summed E-state index contributed by atoms with van der Waals surface area (Å²) in [4.78, 5) is 10.8. The van der Waals surface area contributed by atoms with Crippen LogP contribution in [0.2, 0.25) is 0 Å². The van der Waals surface area contributed by atoms with Gasteiger partial charge in [-0.3, -0.25) is 4.79 Å². The molecule has 0 N–H and O–H groups in total. The van der Waals surface area contributed by atoms with Crippen LogP contribution in [0.15, 0.2) is 12.7 Å². The number of ether oxygens (including phenoxy) is 1. The number of carbonyl (C=O) groups excluding carboxylic acids is 1. The van der Waals surface area contributed by atoms with Crippen LogP contribution in [0.3, 0.4) is 0 Å². The fraction of sp³-hybridized carbons (Fsp3) is 0.769. The lowest BCUT2D eigenvalue weighted by atomic mass is 10.1. The van der Waals surface area contributed by atoms with Crippen molar-refractivity contribution in [2.45, 2.75) is 57.8 Å². The summed E-state index contributed by atoms with van der Waals surface area (Å²) >= 11 is 0. The summed E-state index contributed by atoms with van der Waals surface area (Å²) in [5, 5.41) is 0. The molecule has 0 unspecified atom stereocenters. The van der Waals surface area contributed by atoms with Crippen molar-refractivity contribution in [3.8, 4) is 0 Å². The number of methoxy groups -OCH3 is 1. The van der Waals surface area contributed by atoms with E-state index >= 15 is 0 Å². The van der Waals surface area contributed by atoms with Crippen molar-refractivity contribution < 1.29 is 9.53 Å². The van der Waals surface area contributed by atoms with Crippen LogP contribution in [0.4, 0.5) is 0 Å². The third-order valence-corrected chi connectivity index (χ3v) is 2.52. The Balaban J connectivity index is 2.98. The number of hydrogen-bond acceptors (Lipinski definition) is 2. The second-order valence-corrected chi connectivity index (χ2v) is 3.88. The van der Waals surface area contributed by atoms with E-state index in [9.17, 15) is 4.79 Å². The molecule has 0 saturated heterocycles. The van der Waals surface area contributed by atoms with Gasteiger partial charge < -0.3 is 4.74 Å². The van der Waals surface area contributed by atoms with E-state index in [-0.39, 0.29) is 5.97 Å². The van der Waals surface area contributed by atoms with Crippen LogP contribution < -0.4 is 0 Å². The Morgan fingerprint density at radius 1 is 1.07 bits per heavy atom. The molecule has 0 aliphatic carbocycles. The summed E-state index contributed by atoms with van der Waals surface area (Å²) in [6, 6.07) is 0. The van der Waals surface area contributed by atoms with E-state index in [0.29, 0.717) is 6.42 Å². The maximum Gasteiger partial charge on any atom is 0.305 e. The largest absolute Gasteiger partial charge is 0.469 e. The van der Waals surface area contributed by atoms with Crippen LogP contribution >= 0.6 is 0 Å². The molecule has 0 heterocycles. The topological polar surface area (TPSA) is 26.3 Å². The van der Waals surface area contributed by atoms with Gasteiger partial charge in [0.25, 0.3) is 0 Å². The van der Waals surface area contributed by atoms with Gasteiger partial charge in [0, 0.05) is 6.42 Å². The molecule has 0 aliphatic heterocycles. The highest BCUT2D eigenvalue weighted by Crippen LogP contribution is 2.09.